The van der Waals surface area contributed by atoms with Crippen molar-refractivity contribution >= 4 is 5.91 Å². The van der Waals surface area contributed by atoms with Gasteiger partial charge in [0.2, 0.25) is 5.91 Å². The molecular weight excluding hydrogens is 344 g/mol. The average molecular weight is 399 g/mol. The van der Waals surface area contributed by atoms with Gasteiger partial charge in [0.25, 0.3) is 0 Å². The highest BCUT2D eigenvalue weighted by Gasteiger charge is 1.96. The third kappa shape index (κ3) is 27.6. The molecule has 0 fully saturated rings. The molecule has 0 saturated carbocycles. The molecule has 0 heterocycles. The number of amides is 1. The standard InChI is InChI=1S/C18H37NO.C7H17N/c1-2-3-4-5-6-7-8-9-10-11-12-13-14-15-16-17-18(19)20;1-4-7-8(5-2)6-3/h2-17H2,1H3,(H2,19,20);4-7H2,1-3H3. The predicted molar refractivity (Wildman–Crippen MR) is 127 cm³/mol. The highest BCUT2D eigenvalue weighted by Crippen LogP contribution is 2.13. The number of carbonyl (C=O) groups excluding carboxylic acids is 1. The molecule has 3 nitrogen and oxygen atoms in total. The molecule has 0 aliphatic carbocycles. The van der Waals surface area contributed by atoms with E-state index in [9.17, 15) is 4.79 Å². The van der Waals surface area contributed by atoms with Crippen molar-refractivity contribution in [3.8, 4) is 0 Å². The van der Waals surface area contributed by atoms with Crippen LogP contribution in [0.3, 0.4) is 0 Å². The van der Waals surface area contributed by atoms with Crippen LogP contribution in [-0.4, -0.2) is 30.4 Å². The lowest BCUT2D eigenvalue weighted by Crippen LogP contribution is -2.23. The SMILES string of the molecule is CCCCCCCCCCCCCCCCCC(N)=O.CCCN(CC)CC. The van der Waals surface area contributed by atoms with E-state index in [4.69, 9.17) is 5.73 Å². The Balaban J connectivity index is 0. The number of hydrogen-bond donors (Lipinski definition) is 1. The zero-order valence-corrected chi connectivity index (χ0v) is 20.1. The molecular formula is C25H54N2O. The van der Waals surface area contributed by atoms with Crippen LogP contribution in [0.25, 0.3) is 0 Å². The number of nitrogens with two attached hydrogens (primary N) is 1. The monoisotopic (exact) mass is 398 g/mol. The van der Waals surface area contributed by atoms with E-state index in [-0.39, 0.29) is 5.91 Å². The average Bonchev–Trinajstić information content (AvgIpc) is 2.69. The van der Waals surface area contributed by atoms with Gasteiger partial charge in [0, 0.05) is 6.42 Å². The Bertz CT molecular complexity index is 290. The second-order valence-corrected chi connectivity index (χ2v) is 8.19. The lowest BCUT2D eigenvalue weighted by molar-refractivity contribution is -0.118. The summed E-state index contributed by atoms with van der Waals surface area (Å²) in [6.45, 7) is 12.6. The van der Waals surface area contributed by atoms with Crippen molar-refractivity contribution in [2.45, 2.75) is 137 Å². The van der Waals surface area contributed by atoms with Crippen molar-refractivity contribution < 1.29 is 4.79 Å². The lowest BCUT2D eigenvalue weighted by Gasteiger charge is -2.15. The zero-order valence-electron chi connectivity index (χ0n) is 20.1. The van der Waals surface area contributed by atoms with Crippen molar-refractivity contribution in [2.24, 2.45) is 5.73 Å². The quantitative estimate of drug-likeness (QED) is 0.216. The minimum atomic E-state index is -0.153. The van der Waals surface area contributed by atoms with E-state index >= 15 is 0 Å². The molecule has 0 unspecified atom stereocenters. The molecule has 170 valence electrons. The van der Waals surface area contributed by atoms with Crippen LogP contribution in [0.1, 0.15) is 137 Å². The van der Waals surface area contributed by atoms with E-state index in [0.29, 0.717) is 6.42 Å². The Hall–Kier alpha value is -0.570. The maximum Gasteiger partial charge on any atom is 0.217 e. The number of nitrogens with zero attached hydrogens (tertiary/aromatic N) is 1. The molecule has 0 aromatic rings. The molecule has 3 heteroatoms. The molecule has 2 N–H and O–H groups in total. The Labute approximate surface area is 178 Å². The second-order valence-electron chi connectivity index (χ2n) is 8.19. The van der Waals surface area contributed by atoms with Gasteiger partial charge in [-0.15, -0.1) is 0 Å². The Morgan fingerprint density at radius 3 is 1.18 bits per heavy atom. The Kier molecular flexibility index (Phi) is 28.0. The summed E-state index contributed by atoms with van der Waals surface area (Å²) in [4.78, 5) is 13.0. The van der Waals surface area contributed by atoms with Crippen molar-refractivity contribution in [3.05, 3.63) is 0 Å². The lowest BCUT2D eigenvalue weighted by atomic mass is 10.0. The molecule has 0 aliphatic rings. The summed E-state index contributed by atoms with van der Waals surface area (Å²) in [6, 6.07) is 0. The highest BCUT2D eigenvalue weighted by atomic mass is 16.1. The molecule has 0 aromatic carbocycles. The highest BCUT2D eigenvalue weighted by molar-refractivity contribution is 5.73. The van der Waals surface area contributed by atoms with Crippen molar-refractivity contribution in [3.63, 3.8) is 0 Å². The fraction of sp³-hybridized carbons (Fsp3) is 0.960. The molecule has 0 bridgehead atoms. The predicted octanol–water partition coefficient (Wildman–Crippen LogP) is 7.47. The molecule has 0 spiro atoms. The van der Waals surface area contributed by atoms with E-state index < -0.39 is 0 Å². The minimum absolute atomic E-state index is 0.153. The van der Waals surface area contributed by atoms with E-state index in [1.165, 1.54) is 116 Å². The van der Waals surface area contributed by atoms with E-state index in [1.54, 1.807) is 0 Å². The smallest absolute Gasteiger partial charge is 0.217 e. The van der Waals surface area contributed by atoms with Crippen LogP contribution in [0, 0.1) is 0 Å². The first-order chi connectivity index (χ1) is 13.6. The van der Waals surface area contributed by atoms with Crippen LogP contribution in [0.4, 0.5) is 0 Å². The van der Waals surface area contributed by atoms with Crippen LogP contribution in [0.5, 0.6) is 0 Å². The van der Waals surface area contributed by atoms with Crippen molar-refractivity contribution in [1.82, 2.24) is 4.90 Å². The van der Waals surface area contributed by atoms with Gasteiger partial charge in [0.1, 0.15) is 0 Å². The maximum absolute atomic E-state index is 10.6. The van der Waals surface area contributed by atoms with Gasteiger partial charge in [-0.2, -0.15) is 0 Å². The van der Waals surface area contributed by atoms with Gasteiger partial charge in [0.05, 0.1) is 0 Å². The largest absolute Gasteiger partial charge is 0.370 e. The summed E-state index contributed by atoms with van der Waals surface area (Å²) in [7, 11) is 0. The first-order valence-electron chi connectivity index (χ1n) is 12.6. The summed E-state index contributed by atoms with van der Waals surface area (Å²) < 4.78 is 0. The molecule has 0 aliphatic heterocycles. The molecule has 0 saturated heterocycles. The number of primary amides is 1. The van der Waals surface area contributed by atoms with Gasteiger partial charge in [0.15, 0.2) is 0 Å². The molecule has 0 radical (unpaired) electrons. The second kappa shape index (κ2) is 26.4. The first kappa shape index (κ1) is 29.6. The van der Waals surface area contributed by atoms with Crippen LogP contribution < -0.4 is 5.73 Å². The first-order valence-corrected chi connectivity index (χ1v) is 12.6. The third-order valence-corrected chi connectivity index (χ3v) is 5.46. The normalized spacial score (nSPS) is 10.8. The van der Waals surface area contributed by atoms with Gasteiger partial charge >= 0.3 is 0 Å². The summed E-state index contributed by atoms with van der Waals surface area (Å²) in [6.07, 6.45) is 22.2. The van der Waals surface area contributed by atoms with Crippen molar-refractivity contribution in [2.75, 3.05) is 19.6 Å². The zero-order chi connectivity index (χ0) is 21.3. The minimum Gasteiger partial charge on any atom is -0.370 e. The van der Waals surface area contributed by atoms with Crippen LogP contribution in [0.15, 0.2) is 0 Å². The van der Waals surface area contributed by atoms with Gasteiger partial charge in [-0.1, -0.05) is 118 Å². The van der Waals surface area contributed by atoms with E-state index in [0.717, 1.165) is 6.42 Å². The topological polar surface area (TPSA) is 46.3 Å². The Morgan fingerprint density at radius 1 is 0.571 bits per heavy atom. The van der Waals surface area contributed by atoms with Crippen LogP contribution in [-0.2, 0) is 4.79 Å². The summed E-state index contributed by atoms with van der Waals surface area (Å²) in [5, 5.41) is 0. The summed E-state index contributed by atoms with van der Waals surface area (Å²) in [5.74, 6) is -0.153. The molecule has 0 rings (SSSR count). The fourth-order valence-corrected chi connectivity index (χ4v) is 3.53. The molecule has 1 amide bonds. The van der Waals surface area contributed by atoms with E-state index in [1.807, 2.05) is 0 Å². The van der Waals surface area contributed by atoms with Gasteiger partial charge in [-0.25, -0.2) is 0 Å². The number of carbonyl (C=O) groups is 1. The van der Waals surface area contributed by atoms with Crippen molar-refractivity contribution in [1.29, 1.82) is 0 Å². The molecule has 0 atom stereocenters. The van der Waals surface area contributed by atoms with Gasteiger partial charge in [-0.05, 0) is 32.5 Å². The number of rotatable bonds is 20. The van der Waals surface area contributed by atoms with Crippen LogP contribution >= 0.6 is 0 Å². The van der Waals surface area contributed by atoms with Gasteiger partial charge in [-0.3, -0.25) is 4.79 Å². The van der Waals surface area contributed by atoms with Crippen LogP contribution in [0.2, 0.25) is 0 Å². The summed E-state index contributed by atoms with van der Waals surface area (Å²) >= 11 is 0. The van der Waals surface area contributed by atoms with E-state index in [2.05, 4.69) is 32.6 Å². The molecule has 28 heavy (non-hydrogen) atoms. The maximum atomic E-state index is 10.6. The van der Waals surface area contributed by atoms with Gasteiger partial charge < -0.3 is 10.6 Å². The number of hydrogen-bond acceptors (Lipinski definition) is 2. The molecule has 0 aromatic heterocycles. The third-order valence-electron chi connectivity index (χ3n) is 5.46. The Morgan fingerprint density at radius 2 is 0.929 bits per heavy atom. The number of unbranched alkanes of at least 4 members (excludes halogenated alkanes) is 14. The fourth-order valence-electron chi connectivity index (χ4n) is 3.53. The summed E-state index contributed by atoms with van der Waals surface area (Å²) in [5.41, 5.74) is 5.11.